The average Bonchev–Trinajstić information content (AvgIpc) is 2.01. The van der Waals surface area contributed by atoms with Gasteiger partial charge in [-0.1, -0.05) is 41.0 Å². The minimum Gasteiger partial charge on any atom is -0.324 e. The number of carbonyl (C=O) groups excluding carboxylic acids is 1. The van der Waals surface area contributed by atoms with Gasteiger partial charge < -0.3 is 5.73 Å². The fourth-order valence-electron chi connectivity index (χ4n) is 1.70. The van der Waals surface area contributed by atoms with Crippen LogP contribution in [0.2, 0.25) is 0 Å². The Morgan fingerprint density at radius 1 is 1.23 bits per heavy atom. The second kappa shape index (κ2) is 4.23. The molecule has 0 aliphatic carbocycles. The molecule has 0 radical (unpaired) electrons. The van der Waals surface area contributed by atoms with Crippen molar-refractivity contribution < 1.29 is 4.79 Å². The third-order valence-electron chi connectivity index (χ3n) is 2.82. The lowest BCUT2D eigenvalue weighted by Crippen LogP contribution is -2.34. The van der Waals surface area contributed by atoms with Crippen LogP contribution in [0.1, 0.15) is 47.5 Å². The fraction of sp³-hybridized carbons (Fsp3) is 0.909. The molecule has 0 bridgehead atoms. The summed E-state index contributed by atoms with van der Waals surface area (Å²) in [4.78, 5) is 11.5. The van der Waals surface area contributed by atoms with E-state index >= 15 is 0 Å². The predicted molar refractivity (Wildman–Crippen MR) is 56.5 cm³/mol. The van der Waals surface area contributed by atoms with Crippen molar-refractivity contribution in [1.29, 1.82) is 0 Å². The Balaban J connectivity index is 4.41. The maximum Gasteiger partial charge on any atom is 0.151 e. The van der Waals surface area contributed by atoms with Crippen molar-refractivity contribution in [2.24, 2.45) is 16.6 Å². The van der Waals surface area contributed by atoms with Crippen LogP contribution in [0, 0.1) is 10.8 Å². The van der Waals surface area contributed by atoms with Crippen LogP contribution in [-0.2, 0) is 4.79 Å². The number of carbonyl (C=O) groups is 1. The van der Waals surface area contributed by atoms with Crippen molar-refractivity contribution in [3.05, 3.63) is 0 Å². The van der Waals surface area contributed by atoms with Crippen molar-refractivity contribution in [2.45, 2.75) is 47.5 Å². The summed E-state index contributed by atoms with van der Waals surface area (Å²) in [6.45, 7) is 10.7. The maximum absolute atomic E-state index is 11.5. The van der Waals surface area contributed by atoms with Gasteiger partial charge in [0.2, 0.25) is 0 Å². The van der Waals surface area contributed by atoms with Gasteiger partial charge in [-0.3, -0.25) is 4.79 Å². The molecular formula is C11H23NO. The summed E-state index contributed by atoms with van der Waals surface area (Å²) in [6, 6.07) is 0. The van der Waals surface area contributed by atoms with E-state index in [1.54, 1.807) is 0 Å². The zero-order valence-corrected chi connectivity index (χ0v) is 9.61. The van der Waals surface area contributed by atoms with Gasteiger partial charge in [0.1, 0.15) is 0 Å². The zero-order chi connectivity index (χ0) is 10.7. The number of Topliss-reactive ketones (excluding diaryl/α,β-unsaturated/α-hetero) is 1. The summed E-state index contributed by atoms with van der Waals surface area (Å²) in [5.41, 5.74) is 5.33. The van der Waals surface area contributed by atoms with E-state index < -0.39 is 0 Å². The largest absolute Gasteiger partial charge is 0.324 e. The highest BCUT2D eigenvalue weighted by Gasteiger charge is 2.32. The molecule has 0 heterocycles. The summed E-state index contributed by atoms with van der Waals surface area (Å²) in [5, 5.41) is 0. The molecule has 13 heavy (non-hydrogen) atoms. The van der Waals surface area contributed by atoms with Crippen LogP contribution < -0.4 is 5.73 Å². The molecule has 2 heteroatoms. The van der Waals surface area contributed by atoms with Crippen LogP contribution in [-0.4, -0.2) is 12.3 Å². The molecule has 0 rings (SSSR count). The molecule has 0 amide bonds. The minimum absolute atomic E-state index is 0.160. The van der Waals surface area contributed by atoms with E-state index in [4.69, 9.17) is 5.73 Å². The van der Waals surface area contributed by atoms with E-state index in [2.05, 4.69) is 20.8 Å². The van der Waals surface area contributed by atoms with Crippen LogP contribution in [0.3, 0.4) is 0 Å². The summed E-state index contributed by atoms with van der Waals surface area (Å²) in [6.07, 6.45) is 2.00. The van der Waals surface area contributed by atoms with Crippen LogP contribution in [0.15, 0.2) is 0 Å². The summed E-state index contributed by atoms with van der Waals surface area (Å²) < 4.78 is 0. The molecular weight excluding hydrogens is 162 g/mol. The highest BCUT2D eigenvalue weighted by atomic mass is 16.1. The molecule has 0 aromatic heterocycles. The summed E-state index contributed by atoms with van der Waals surface area (Å²) in [7, 11) is 0. The number of hydrogen-bond acceptors (Lipinski definition) is 2. The van der Waals surface area contributed by atoms with Crippen LogP contribution in [0.4, 0.5) is 0 Å². The van der Waals surface area contributed by atoms with E-state index in [9.17, 15) is 4.79 Å². The molecule has 0 aromatic carbocycles. The second-order valence-corrected chi connectivity index (χ2v) is 5.21. The number of nitrogens with two attached hydrogens (primary N) is 1. The van der Waals surface area contributed by atoms with E-state index in [0.29, 0.717) is 0 Å². The van der Waals surface area contributed by atoms with Gasteiger partial charge in [0, 0.05) is 5.41 Å². The quantitative estimate of drug-likeness (QED) is 0.714. The Hall–Kier alpha value is -0.370. The minimum atomic E-state index is -0.270. The lowest BCUT2D eigenvalue weighted by Gasteiger charge is -2.32. The Morgan fingerprint density at radius 3 is 2.00 bits per heavy atom. The molecule has 2 N–H and O–H groups in total. The van der Waals surface area contributed by atoms with Gasteiger partial charge in [0.25, 0.3) is 0 Å². The van der Waals surface area contributed by atoms with Crippen molar-refractivity contribution in [2.75, 3.05) is 6.54 Å². The Kier molecular flexibility index (Phi) is 4.11. The van der Waals surface area contributed by atoms with Gasteiger partial charge in [-0.2, -0.15) is 0 Å². The monoisotopic (exact) mass is 185 g/mol. The molecule has 0 aliphatic heterocycles. The van der Waals surface area contributed by atoms with Crippen LogP contribution >= 0.6 is 0 Å². The molecule has 0 fully saturated rings. The van der Waals surface area contributed by atoms with Gasteiger partial charge in [-0.05, 0) is 11.8 Å². The topological polar surface area (TPSA) is 43.1 Å². The van der Waals surface area contributed by atoms with Gasteiger partial charge in [-0.15, -0.1) is 0 Å². The van der Waals surface area contributed by atoms with Crippen molar-refractivity contribution in [3.8, 4) is 0 Å². The molecule has 0 atom stereocenters. The molecule has 0 unspecified atom stereocenters. The highest BCUT2D eigenvalue weighted by Crippen LogP contribution is 2.36. The lowest BCUT2D eigenvalue weighted by atomic mass is 9.71. The lowest BCUT2D eigenvalue weighted by molar-refractivity contribution is -0.127. The molecule has 0 spiro atoms. The van der Waals surface area contributed by atoms with Crippen LogP contribution in [0.5, 0.6) is 0 Å². The standard InChI is InChI=1S/C11H23NO/c1-6-10(2,3)8-11(4,5)9(13)7-12/h6-8,12H2,1-5H3. The van der Waals surface area contributed by atoms with Crippen molar-refractivity contribution >= 4 is 5.78 Å². The van der Waals surface area contributed by atoms with Gasteiger partial charge in [0.15, 0.2) is 5.78 Å². The van der Waals surface area contributed by atoms with Gasteiger partial charge >= 0.3 is 0 Å². The summed E-state index contributed by atoms with van der Waals surface area (Å²) >= 11 is 0. The zero-order valence-electron chi connectivity index (χ0n) is 9.61. The summed E-state index contributed by atoms with van der Waals surface area (Å²) in [5.74, 6) is 0.161. The van der Waals surface area contributed by atoms with Crippen molar-refractivity contribution in [1.82, 2.24) is 0 Å². The van der Waals surface area contributed by atoms with E-state index in [0.717, 1.165) is 12.8 Å². The smallest absolute Gasteiger partial charge is 0.151 e. The number of rotatable bonds is 5. The third-order valence-corrected chi connectivity index (χ3v) is 2.82. The molecule has 2 nitrogen and oxygen atoms in total. The maximum atomic E-state index is 11.5. The SMILES string of the molecule is CCC(C)(C)CC(C)(C)C(=O)CN. The van der Waals surface area contributed by atoms with E-state index in [-0.39, 0.29) is 23.2 Å². The van der Waals surface area contributed by atoms with Gasteiger partial charge in [-0.25, -0.2) is 0 Å². The fourth-order valence-corrected chi connectivity index (χ4v) is 1.70. The van der Waals surface area contributed by atoms with E-state index in [1.807, 2.05) is 13.8 Å². The highest BCUT2D eigenvalue weighted by molar-refractivity contribution is 5.85. The normalized spacial score (nSPS) is 13.1. The molecule has 78 valence electrons. The van der Waals surface area contributed by atoms with Crippen LogP contribution in [0.25, 0.3) is 0 Å². The van der Waals surface area contributed by atoms with E-state index in [1.165, 1.54) is 0 Å². The molecule has 0 saturated carbocycles. The number of hydrogen-bond donors (Lipinski definition) is 1. The van der Waals surface area contributed by atoms with Crippen molar-refractivity contribution in [3.63, 3.8) is 0 Å². The second-order valence-electron chi connectivity index (χ2n) is 5.21. The Morgan fingerprint density at radius 2 is 1.69 bits per heavy atom. The molecule has 0 aliphatic rings. The Bertz CT molecular complexity index is 183. The first-order valence-corrected chi connectivity index (χ1v) is 4.98. The third kappa shape index (κ3) is 3.90. The predicted octanol–water partition coefficient (Wildman–Crippen LogP) is 2.37. The number of ketones is 1. The first kappa shape index (κ1) is 12.6. The first-order valence-electron chi connectivity index (χ1n) is 4.98. The first-order chi connectivity index (χ1) is 5.75. The average molecular weight is 185 g/mol. The van der Waals surface area contributed by atoms with Gasteiger partial charge in [0.05, 0.1) is 6.54 Å². The molecule has 0 saturated heterocycles. The Labute approximate surface area is 81.9 Å². The molecule has 0 aromatic rings.